The van der Waals surface area contributed by atoms with Crippen LogP contribution in [0.5, 0.6) is 5.75 Å². The van der Waals surface area contributed by atoms with Crippen LogP contribution in [0.2, 0.25) is 0 Å². The number of nitrogens with zero attached hydrogens (tertiary/aromatic N) is 2. The van der Waals surface area contributed by atoms with E-state index in [2.05, 4.69) is 4.98 Å². The molecule has 0 fully saturated rings. The lowest BCUT2D eigenvalue weighted by Crippen LogP contribution is -2.14. The minimum absolute atomic E-state index is 0.114. The number of ether oxygens (including phenoxy) is 1. The molecule has 0 aliphatic heterocycles. The molecule has 0 aliphatic carbocycles. The maximum atomic E-state index is 13.7. The van der Waals surface area contributed by atoms with Crippen molar-refractivity contribution in [3.63, 3.8) is 0 Å². The predicted octanol–water partition coefficient (Wildman–Crippen LogP) is 2.02. The van der Waals surface area contributed by atoms with Gasteiger partial charge in [-0.2, -0.15) is 0 Å². The molecule has 1 aromatic carbocycles. The summed E-state index contributed by atoms with van der Waals surface area (Å²) in [5, 5.41) is 0. The van der Waals surface area contributed by atoms with E-state index in [0.717, 1.165) is 6.07 Å². The molecule has 0 spiro atoms. The zero-order chi connectivity index (χ0) is 14.7. The Balaban J connectivity index is 2.25. The highest BCUT2D eigenvalue weighted by molar-refractivity contribution is 6.13. The molecule has 0 N–H and O–H groups in total. The Labute approximate surface area is 115 Å². The van der Waals surface area contributed by atoms with Crippen LogP contribution in [0.15, 0.2) is 30.6 Å². The van der Waals surface area contributed by atoms with E-state index < -0.39 is 23.8 Å². The summed E-state index contributed by atoms with van der Waals surface area (Å²) < 4.78 is 20.2. The molecule has 0 radical (unpaired) electrons. The van der Waals surface area contributed by atoms with Gasteiger partial charge >= 0.3 is 0 Å². The minimum atomic E-state index is -0.706. The van der Waals surface area contributed by atoms with Crippen LogP contribution in [0.4, 0.5) is 4.39 Å². The van der Waals surface area contributed by atoms with Gasteiger partial charge in [-0.05, 0) is 12.1 Å². The Hall–Kier alpha value is -2.50. The summed E-state index contributed by atoms with van der Waals surface area (Å²) in [6.45, 7) is 0. The first-order valence-electron chi connectivity index (χ1n) is 5.90. The van der Waals surface area contributed by atoms with Gasteiger partial charge in [-0.15, -0.1) is 0 Å². The molecular weight excluding hydrogens is 263 g/mol. The van der Waals surface area contributed by atoms with E-state index in [4.69, 9.17) is 4.74 Å². The van der Waals surface area contributed by atoms with Crippen LogP contribution in [0.25, 0.3) is 0 Å². The fraction of sp³-hybridized carbons (Fsp3) is 0.214. The number of rotatable bonds is 5. The van der Waals surface area contributed by atoms with E-state index in [9.17, 15) is 14.0 Å². The lowest BCUT2D eigenvalue weighted by Gasteiger charge is -2.08. The number of hydrogen-bond acceptors (Lipinski definition) is 4. The van der Waals surface area contributed by atoms with Gasteiger partial charge in [0.1, 0.15) is 11.6 Å². The Bertz CT molecular complexity index is 664. The van der Waals surface area contributed by atoms with Crippen LogP contribution >= 0.6 is 0 Å². The number of carbonyl (C=O) groups excluding carboxylic acids is 2. The van der Waals surface area contributed by atoms with E-state index in [1.165, 1.54) is 30.0 Å². The molecule has 0 amide bonds. The van der Waals surface area contributed by atoms with Crippen LogP contribution in [0, 0.1) is 5.82 Å². The molecule has 104 valence electrons. The SMILES string of the molecule is COc1cccc(F)c1C(=O)CC(=O)c1nccn1C. The fourth-order valence-corrected chi connectivity index (χ4v) is 1.89. The van der Waals surface area contributed by atoms with E-state index in [-0.39, 0.29) is 17.1 Å². The first-order chi connectivity index (χ1) is 9.54. The second kappa shape index (κ2) is 5.64. The van der Waals surface area contributed by atoms with E-state index in [1.54, 1.807) is 13.2 Å². The topological polar surface area (TPSA) is 61.2 Å². The van der Waals surface area contributed by atoms with E-state index >= 15 is 0 Å². The first-order valence-corrected chi connectivity index (χ1v) is 5.90. The van der Waals surface area contributed by atoms with Crippen molar-refractivity contribution in [1.82, 2.24) is 9.55 Å². The van der Waals surface area contributed by atoms with Gasteiger partial charge in [0.25, 0.3) is 0 Å². The Kier molecular flexibility index (Phi) is 3.93. The van der Waals surface area contributed by atoms with Gasteiger partial charge in [0.05, 0.1) is 19.1 Å². The van der Waals surface area contributed by atoms with E-state index in [0.29, 0.717) is 0 Å². The number of aryl methyl sites for hydroxylation is 1. The Morgan fingerprint density at radius 2 is 2.10 bits per heavy atom. The molecule has 1 aromatic heterocycles. The summed E-state index contributed by atoms with van der Waals surface area (Å²) in [7, 11) is 2.99. The third-order valence-electron chi connectivity index (χ3n) is 2.87. The zero-order valence-electron chi connectivity index (χ0n) is 11.1. The summed E-state index contributed by atoms with van der Waals surface area (Å²) in [5.41, 5.74) is -0.211. The number of hydrogen-bond donors (Lipinski definition) is 0. The van der Waals surface area contributed by atoms with Crippen LogP contribution in [-0.2, 0) is 7.05 Å². The van der Waals surface area contributed by atoms with Crippen molar-refractivity contribution < 1.29 is 18.7 Å². The maximum Gasteiger partial charge on any atom is 0.205 e. The molecule has 2 rings (SSSR count). The summed E-state index contributed by atoms with van der Waals surface area (Å²) in [6.07, 6.45) is 2.60. The monoisotopic (exact) mass is 276 g/mol. The Morgan fingerprint density at radius 3 is 2.70 bits per heavy atom. The molecular formula is C14H13FN2O3. The number of benzene rings is 1. The van der Waals surface area contributed by atoms with Gasteiger partial charge in [-0.1, -0.05) is 6.07 Å². The van der Waals surface area contributed by atoms with Crippen molar-refractivity contribution >= 4 is 11.6 Å². The standard InChI is InChI=1S/C14H13FN2O3/c1-17-7-6-16-14(17)11(19)8-10(18)13-9(15)4-3-5-12(13)20-2/h3-7H,8H2,1-2H3. The summed E-state index contributed by atoms with van der Waals surface area (Å²) in [4.78, 5) is 27.9. The smallest absolute Gasteiger partial charge is 0.205 e. The van der Waals surface area contributed by atoms with Crippen molar-refractivity contribution in [2.24, 2.45) is 7.05 Å². The number of methoxy groups -OCH3 is 1. The highest BCUT2D eigenvalue weighted by Crippen LogP contribution is 2.23. The molecule has 0 saturated carbocycles. The molecule has 1 heterocycles. The molecule has 0 saturated heterocycles. The molecule has 5 nitrogen and oxygen atoms in total. The minimum Gasteiger partial charge on any atom is -0.496 e. The van der Waals surface area contributed by atoms with Gasteiger partial charge in [0.15, 0.2) is 11.6 Å². The van der Waals surface area contributed by atoms with Gasteiger partial charge in [0, 0.05) is 19.4 Å². The van der Waals surface area contributed by atoms with Crippen molar-refractivity contribution in [3.05, 3.63) is 47.8 Å². The normalized spacial score (nSPS) is 10.3. The molecule has 20 heavy (non-hydrogen) atoms. The van der Waals surface area contributed by atoms with Gasteiger partial charge in [-0.25, -0.2) is 9.37 Å². The molecule has 2 aromatic rings. The van der Waals surface area contributed by atoms with E-state index in [1.807, 2.05) is 0 Å². The zero-order valence-corrected chi connectivity index (χ0v) is 11.1. The Morgan fingerprint density at radius 1 is 1.35 bits per heavy atom. The van der Waals surface area contributed by atoms with Gasteiger partial charge < -0.3 is 9.30 Å². The number of aromatic nitrogens is 2. The number of Topliss-reactive ketones (excluding diaryl/α,β-unsaturated/α-hetero) is 2. The van der Waals surface area contributed by atoms with Crippen molar-refractivity contribution in [3.8, 4) is 5.75 Å². The second-order valence-electron chi connectivity index (χ2n) is 4.20. The lowest BCUT2D eigenvalue weighted by atomic mass is 10.0. The van der Waals surface area contributed by atoms with Crippen molar-refractivity contribution in [2.75, 3.05) is 7.11 Å². The number of ketones is 2. The van der Waals surface area contributed by atoms with Crippen molar-refractivity contribution in [2.45, 2.75) is 6.42 Å². The maximum absolute atomic E-state index is 13.7. The summed E-state index contributed by atoms with van der Waals surface area (Å²) >= 11 is 0. The van der Waals surface area contributed by atoms with Crippen LogP contribution in [0.1, 0.15) is 27.4 Å². The van der Waals surface area contributed by atoms with Crippen LogP contribution < -0.4 is 4.74 Å². The van der Waals surface area contributed by atoms with Crippen LogP contribution in [0.3, 0.4) is 0 Å². The summed E-state index contributed by atoms with van der Waals surface area (Å²) in [6, 6.07) is 4.06. The molecule has 6 heteroatoms. The lowest BCUT2D eigenvalue weighted by molar-refractivity contribution is 0.0883. The predicted molar refractivity (Wildman–Crippen MR) is 69.4 cm³/mol. The number of carbonyl (C=O) groups is 2. The molecule has 0 atom stereocenters. The quantitative estimate of drug-likeness (QED) is 0.619. The van der Waals surface area contributed by atoms with Gasteiger partial charge in [0.2, 0.25) is 5.78 Å². The highest BCUT2D eigenvalue weighted by Gasteiger charge is 2.22. The molecule has 0 unspecified atom stereocenters. The largest absolute Gasteiger partial charge is 0.496 e. The average Bonchev–Trinajstić information content (AvgIpc) is 2.84. The van der Waals surface area contributed by atoms with Crippen LogP contribution in [-0.4, -0.2) is 28.2 Å². The fourth-order valence-electron chi connectivity index (χ4n) is 1.89. The first kappa shape index (κ1) is 13.9. The van der Waals surface area contributed by atoms with Gasteiger partial charge in [-0.3, -0.25) is 9.59 Å². The number of halogens is 1. The summed E-state index contributed by atoms with van der Waals surface area (Å²) in [5.74, 6) is -1.53. The molecule has 0 aliphatic rings. The van der Waals surface area contributed by atoms with Crippen molar-refractivity contribution in [1.29, 1.82) is 0 Å². The third kappa shape index (κ3) is 2.59. The third-order valence-corrected chi connectivity index (χ3v) is 2.87. The molecule has 0 bridgehead atoms. The average molecular weight is 276 g/mol. The highest BCUT2D eigenvalue weighted by atomic mass is 19.1. The second-order valence-corrected chi connectivity index (χ2v) is 4.20. The number of imidazole rings is 1.